The number of amides is 2. The molecular formula is C23H22N4O4. The van der Waals surface area contributed by atoms with Gasteiger partial charge in [0.1, 0.15) is 5.69 Å². The van der Waals surface area contributed by atoms with E-state index in [9.17, 15) is 19.7 Å². The van der Waals surface area contributed by atoms with Crippen LogP contribution in [-0.4, -0.2) is 16.7 Å². The van der Waals surface area contributed by atoms with Crippen molar-refractivity contribution >= 4 is 40.3 Å². The Bertz CT molecular complexity index is 1100. The third-order valence-electron chi connectivity index (χ3n) is 4.44. The highest BCUT2D eigenvalue weighted by Crippen LogP contribution is 2.29. The molecule has 0 aromatic heterocycles. The van der Waals surface area contributed by atoms with Crippen LogP contribution in [0, 0.1) is 16.0 Å². The van der Waals surface area contributed by atoms with Crippen LogP contribution in [0.1, 0.15) is 24.2 Å². The predicted molar refractivity (Wildman–Crippen MR) is 121 cm³/mol. The van der Waals surface area contributed by atoms with Crippen molar-refractivity contribution < 1.29 is 14.5 Å². The normalized spacial score (nSPS) is 10.4. The number of hydrogen-bond donors (Lipinski definition) is 3. The summed E-state index contributed by atoms with van der Waals surface area (Å²) in [4.78, 5) is 35.3. The van der Waals surface area contributed by atoms with Crippen LogP contribution >= 0.6 is 0 Å². The van der Waals surface area contributed by atoms with Gasteiger partial charge in [0.25, 0.3) is 11.6 Å². The Kier molecular flexibility index (Phi) is 6.61. The van der Waals surface area contributed by atoms with E-state index in [0.29, 0.717) is 17.1 Å². The Labute approximate surface area is 179 Å². The lowest BCUT2D eigenvalue weighted by atomic mass is 10.1. The van der Waals surface area contributed by atoms with E-state index in [1.54, 1.807) is 50.2 Å². The number of nitro benzene ring substituents is 1. The quantitative estimate of drug-likeness (QED) is 0.361. The van der Waals surface area contributed by atoms with Crippen molar-refractivity contribution in [3.8, 4) is 0 Å². The maximum Gasteiger partial charge on any atom is 0.293 e. The molecule has 8 heteroatoms. The fourth-order valence-corrected chi connectivity index (χ4v) is 2.73. The monoisotopic (exact) mass is 418 g/mol. The molecule has 0 atom stereocenters. The first-order valence-corrected chi connectivity index (χ1v) is 9.66. The molecule has 2 amide bonds. The number of nitrogens with one attached hydrogen (secondary N) is 3. The second kappa shape index (κ2) is 9.53. The molecule has 3 N–H and O–H groups in total. The van der Waals surface area contributed by atoms with Gasteiger partial charge in [-0.05, 0) is 48.5 Å². The summed E-state index contributed by atoms with van der Waals surface area (Å²) in [5.74, 6) is -0.726. The van der Waals surface area contributed by atoms with Gasteiger partial charge in [-0.15, -0.1) is 0 Å². The highest BCUT2D eigenvalue weighted by Gasteiger charge is 2.18. The number of hydrogen-bond acceptors (Lipinski definition) is 5. The molecule has 0 radical (unpaired) electrons. The van der Waals surface area contributed by atoms with Crippen molar-refractivity contribution in [2.24, 2.45) is 5.92 Å². The standard InChI is InChI=1S/C23H22N4O4/c1-15(2)22(28)25-18-9-11-19(12-10-18)26-23(29)16-8-13-20(21(14-16)27(30)31)24-17-6-4-3-5-7-17/h3-15,24H,1-2H3,(H,25,28)(H,26,29). The smallest absolute Gasteiger partial charge is 0.293 e. The van der Waals surface area contributed by atoms with Crippen molar-refractivity contribution in [1.82, 2.24) is 0 Å². The molecule has 0 aliphatic heterocycles. The minimum Gasteiger partial charge on any atom is -0.350 e. The fraction of sp³-hybridized carbons (Fsp3) is 0.130. The number of anilines is 4. The van der Waals surface area contributed by atoms with Crippen molar-refractivity contribution in [2.75, 3.05) is 16.0 Å². The molecule has 31 heavy (non-hydrogen) atoms. The summed E-state index contributed by atoms with van der Waals surface area (Å²) >= 11 is 0. The van der Waals surface area contributed by atoms with Gasteiger partial charge in [-0.25, -0.2) is 0 Å². The summed E-state index contributed by atoms with van der Waals surface area (Å²) in [5, 5.41) is 20.0. The molecule has 0 fully saturated rings. The molecule has 3 rings (SSSR count). The SMILES string of the molecule is CC(C)C(=O)Nc1ccc(NC(=O)c2ccc(Nc3ccccc3)c([N+](=O)[O-])c2)cc1. The van der Waals surface area contributed by atoms with E-state index in [2.05, 4.69) is 16.0 Å². The molecule has 158 valence electrons. The van der Waals surface area contributed by atoms with Crippen LogP contribution in [-0.2, 0) is 4.79 Å². The van der Waals surface area contributed by atoms with Crippen LogP contribution in [0.2, 0.25) is 0 Å². The molecule has 0 unspecified atom stereocenters. The lowest BCUT2D eigenvalue weighted by Crippen LogP contribution is -2.17. The molecule has 0 aliphatic rings. The third kappa shape index (κ3) is 5.66. The number of para-hydroxylation sites is 1. The van der Waals surface area contributed by atoms with E-state index in [-0.39, 0.29) is 28.8 Å². The van der Waals surface area contributed by atoms with Crippen LogP contribution in [0.15, 0.2) is 72.8 Å². The molecule has 0 aliphatic carbocycles. The summed E-state index contributed by atoms with van der Waals surface area (Å²) in [6, 6.07) is 19.9. The second-order valence-corrected chi connectivity index (χ2v) is 7.16. The Hall–Kier alpha value is -4.20. The zero-order valence-corrected chi connectivity index (χ0v) is 17.1. The average Bonchev–Trinajstić information content (AvgIpc) is 2.75. The zero-order chi connectivity index (χ0) is 22.4. The Balaban J connectivity index is 1.73. The molecule has 0 saturated heterocycles. The first-order valence-electron chi connectivity index (χ1n) is 9.66. The van der Waals surface area contributed by atoms with Gasteiger partial charge in [0.15, 0.2) is 0 Å². The average molecular weight is 418 g/mol. The van der Waals surface area contributed by atoms with Crippen LogP contribution in [0.3, 0.4) is 0 Å². The molecule has 8 nitrogen and oxygen atoms in total. The highest BCUT2D eigenvalue weighted by molar-refractivity contribution is 6.05. The van der Waals surface area contributed by atoms with E-state index in [1.807, 2.05) is 18.2 Å². The van der Waals surface area contributed by atoms with Crippen molar-refractivity contribution in [2.45, 2.75) is 13.8 Å². The fourth-order valence-electron chi connectivity index (χ4n) is 2.73. The number of nitrogens with zero attached hydrogens (tertiary/aromatic N) is 1. The number of benzene rings is 3. The van der Waals surface area contributed by atoms with E-state index in [0.717, 1.165) is 0 Å². The molecule has 0 heterocycles. The molecule has 0 saturated carbocycles. The minimum absolute atomic E-state index is 0.103. The minimum atomic E-state index is -0.533. The zero-order valence-electron chi connectivity index (χ0n) is 17.1. The summed E-state index contributed by atoms with van der Waals surface area (Å²) in [6.07, 6.45) is 0. The summed E-state index contributed by atoms with van der Waals surface area (Å²) in [7, 11) is 0. The summed E-state index contributed by atoms with van der Waals surface area (Å²) < 4.78 is 0. The molecular weight excluding hydrogens is 396 g/mol. The summed E-state index contributed by atoms with van der Waals surface area (Å²) in [6.45, 7) is 3.59. The Morgan fingerprint density at radius 3 is 2.03 bits per heavy atom. The van der Waals surface area contributed by atoms with Gasteiger partial charge in [-0.2, -0.15) is 0 Å². The highest BCUT2D eigenvalue weighted by atomic mass is 16.6. The van der Waals surface area contributed by atoms with E-state index in [4.69, 9.17) is 0 Å². The van der Waals surface area contributed by atoms with Crippen LogP contribution in [0.5, 0.6) is 0 Å². The first-order chi connectivity index (χ1) is 14.8. The van der Waals surface area contributed by atoms with Gasteiger partial charge in [-0.1, -0.05) is 32.0 Å². The molecule has 0 bridgehead atoms. The van der Waals surface area contributed by atoms with Gasteiger partial charge < -0.3 is 16.0 Å². The third-order valence-corrected chi connectivity index (χ3v) is 4.44. The van der Waals surface area contributed by atoms with Gasteiger partial charge in [0.05, 0.1) is 4.92 Å². The molecule has 0 spiro atoms. The van der Waals surface area contributed by atoms with Crippen molar-refractivity contribution in [3.63, 3.8) is 0 Å². The van der Waals surface area contributed by atoms with Gasteiger partial charge >= 0.3 is 0 Å². The molecule has 3 aromatic rings. The summed E-state index contributed by atoms with van der Waals surface area (Å²) in [5.41, 5.74) is 2.06. The number of carbonyl (C=O) groups excluding carboxylic acids is 2. The van der Waals surface area contributed by atoms with Crippen LogP contribution < -0.4 is 16.0 Å². The number of nitro groups is 1. The predicted octanol–water partition coefficient (Wildman–Crippen LogP) is 5.19. The van der Waals surface area contributed by atoms with Gasteiger partial charge in [-0.3, -0.25) is 19.7 Å². The number of rotatable bonds is 7. The second-order valence-electron chi connectivity index (χ2n) is 7.16. The lowest BCUT2D eigenvalue weighted by Gasteiger charge is -2.10. The van der Waals surface area contributed by atoms with Crippen molar-refractivity contribution in [3.05, 3.63) is 88.5 Å². The van der Waals surface area contributed by atoms with E-state index in [1.165, 1.54) is 18.2 Å². The maximum absolute atomic E-state index is 12.6. The largest absolute Gasteiger partial charge is 0.350 e. The van der Waals surface area contributed by atoms with Gasteiger partial charge in [0, 0.05) is 34.6 Å². The van der Waals surface area contributed by atoms with Crippen molar-refractivity contribution in [1.29, 1.82) is 0 Å². The lowest BCUT2D eigenvalue weighted by molar-refractivity contribution is -0.383. The van der Waals surface area contributed by atoms with Crippen LogP contribution in [0.4, 0.5) is 28.4 Å². The van der Waals surface area contributed by atoms with E-state index < -0.39 is 10.8 Å². The maximum atomic E-state index is 12.6. The van der Waals surface area contributed by atoms with E-state index >= 15 is 0 Å². The topological polar surface area (TPSA) is 113 Å². The Morgan fingerprint density at radius 1 is 0.839 bits per heavy atom. The Morgan fingerprint density at radius 2 is 1.45 bits per heavy atom. The van der Waals surface area contributed by atoms with Gasteiger partial charge in [0.2, 0.25) is 5.91 Å². The molecule has 3 aromatic carbocycles. The number of carbonyl (C=O) groups is 2. The first kappa shape index (κ1) is 21.5. The van der Waals surface area contributed by atoms with Crippen LogP contribution in [0.25, 0.3) is 0 Å².